The second-order valence-corrected chi connectivity index (χ2v) is 9.68. The molecule has 1 fully saturated rings. The molecule has 0 spiro atoms. The highest BCUT2D eigenvalue weighted by Crippen LogP contribution is 2.36. The van der Waals surface area contributed by atoms with Crippen molar-refractivity contribution in [2.24, 2.45) is 0 Å². The highest BCUT2D eigenvalue weighted by atomic mass is 79.9. The molecule has 1 aromatic carbocycles. The van der Waals surface area contributed by atoms with Gasteiger partial charge in [0.2, 0.25) is 15.9 Å². The molecule has 0 saturated carbocycles. The molecule has 0 radical (unpaired) electrons. The summed E-state index contributed by atoms with van der Waals surface area (Å²) in [6.45, 7) is 1.01. The van der Waals surface area contributed by atoms with E-state index in [0.29, 0.717) is 28.6 Å². The number of carbonyl (C=O) groups is 1. The monoisotopic (exact) mass is 522 g/mol. The van der Waals surface area contributed by atoms with Gasteiger partial charge in [-0.1, -0.05) is 15.9 Å². The standard InChI is InChI=1S/C20H19BrN4O6S/c1-30-17-5-4-15(19(24-17)20(26)27)23-18-13-10-12(21)2-3-14(13)22-11-16(18)32(28,29)25-6-8-31-9-7-25/h2-5,10-11H,6-9H2,1H3,(H,22,23)(H,26,27). The molecule has 3 heterocycles. The summed E-state index contributed by atoms with van der Waals surface area (Å²) in [6, 6.07) is 8.21. The third-order valence-electron chi connectivity index (χ3n) is 4.92. The molecule has 10 nitrogen and oxygen atoms in total. The van der Waals surface area contributed by atoms with E-state index in [9.17, 15) is 18.3 Å². The zero-order valence-corrected chi connectivity index (χ0v) is 19.3. The third-order valence-corrected chi connectivity index (χ3v) is 7.33. The summed E-state index contributed by atoms with van der Waals surface area (Å²) in [5, 5.41) is 13.1. The number of nitrogens with zero attached hydrogens (tertiary/aromatic N) is 3. The van der Waals surface area contributed by atoms with Crippen LogP contribution in [0.1, 0.15) is 10.5 Å². The molecule has 0 aliphatic carbocycles. The number of rotatable bonds is 6. The van der Waals surface area contributed by atoms with E-state index < -0.39 is 16.0 Å². The van der Waals surface area contributed by atoms with E-state index in [1.807, 2.05) is 0 Å². The minimum Gasteiger partial charge on any atom is -0.481 e. The molecule has 2 N–H and O–H groups in total. The molecule has 0 atom stereocenters. The van der Waals surface area contributed by atoms with E-state index in [1.54, 1.807) is 18.2 Å². The average molecular weight is 523 g/mol. The first-order valence-electron chi connectivity index (χ1n) is 9.53. The third kappa shape index (κ3) is 4.26. The Bertz CT molecular complexity index is 1290. The first kappa shape index (κ1) is 22.4. The van der Waals surface area contributed by atoms with Crippen LogP contribution < -0.4 is 10.1 Å². The molecule has 0 amide bonds. The summed E-state index contributed by atoms with van der Waals surface area (Å²) < 4.78 is 39.3. The van der Waals surface area contributed by atoms with Crippen molar-refractivity contribution < 1.29 is 27.8 Å². The van der Waals surface area contributed by atoms with Crippen molar-refractivity contribution in [3.63, 3.8) is 0 Å². The Labute approximate surface area is 192 Å². The van der Waals surface area contributed by atoms with Gasteiger partial charge in [-0.05, 0) is 24.3 Å². The fourth-order valence-corrected chi connectivity index (χ4v) is 5.22. The molecular formula is C20H19BrN4O6S. The maximum atomic E-state index is 13.5. The molecular weight excluding hydrogens is 504 g/mol. The number of hydrogen-bond donors (Lipinski definition) is 2. The van der Waals surface area contributed by atoms with Crippen molar-refractivity contribution >= 4 is 54.2 Å². The highest BCUT2D eigenvalue weighted by molar-refractivity contribution is 9.10. The Morgan fingerprint density at radius 1 is 1.25 bits per heavy atom. The van der Waals surface area contributed by atoms with Gasteiger partial charge in [-0.25, -0.2) is 18.2 Å². The van der Waals surface area contributed by atoms with Crippen molar-refractivity contribution in [3.8, 4) is 5.88 Å². The van der Waals surface area contributed by atoms with Crippen LogP contribution in [0.3, 0.4) is 0 Å². The number of benzene rings is 1. The predicted molar refractivity (Wildman–Crippen MR) is 120 cm³/mol. The number of hydrogen-bond acceptors (Lipinski definition) is 8. The Morgan fingerprint density at radius 3 is 2.69 bits per heavy atom. The van der Waals surface area contributed by atoms with E-state index in [0.717, 1.165) is 0 Å². The molecule has 32 heavy (non-hydrogen) atoms. The van der Waals surface area contributed by atoms with Crippen LogP contribution in [0.5, 0.6) is 5.88 Å². The number of aromatic carboxylic acids is 1. The van der Waals surface area contributed by atoms with Crippen LogP contribution in [0.15, 0.2) is 45.9 Å². The van der Waals surface area contributed by atoms with Crippen LogP contribution in [-0.4, -0.2) is 67.2 Å². The number of anilines is 2. The molecule has 1 aliphatic rings. The molecule has 4 rings (SSSR count). The zero-order valence-electron chi connectivity index (χ0n) is 16.9. The predicted octanol–water partition coefficient (Wildman–Crippen LogP) is 2.86. The minimum absolute atomic E-state index is 0.0721. The summed E-state index contributed by atoms with van der Waals surface area (Å²) in [4.78, 5) is 20.0. The van der Waals surface area contributed by atoms with Crippen molar-refractivity contribution in [2.75, 3.05) is 38.7 Å². The van der Waals surface area contributed by atoms with Gasteiger partial charge < -0.3 is 19.9 Å². The van der Waals surface area contributed by atoms with Crippen LogP contribution in [0.4, 0.5) is 11.4 Å². The Hall–Kier alpha value is -2.80. The zero-order chi connectivity index (χ0) is 22.9. The second kappa shape index (κ2) is 8.98. The number of sulfonamides is 1. The van der Waals surface area contributed by atoms with Gasteiger partial charge in [0, 0.05) is 35.2 Å². The first-order valence-corrected chi connectivity index (χ1v) is 11.8. The Kier molecular flexibility index (Phi) is 6.29. The van der Waals surface area contributed by atoms with Crippen LogP contribution in [0, 0.1) is 0 Å². The van der Waals surface area contributed by atoms with Gasteiger partial charge in [0.25, 0.3) is 0 Å². The Balaban J connectivity index is 1.92. The minimum atomic E-state index is -3.94. The maximum Gasteiger partial charge on any atom is 0.356 e. The fraction of sp³-hybridized carbons (Fsp3) is 0.250. The number of nitrogens with one attached hydrogen (secondary N) is 1. The summed E-state index contributed by atoms with van der Waals surface area (Å²) in [6.07, 6.45) is 1.28. The smallest absolute Gasteiger partial charge is 0.356 e. The summed E-state index contributed by atoms with van der Waals surface area (Å²) in [7, 11) is -2.57. The van der Waals surface area contributed by atoms with Crippen LogP contribution in [-0.2, 0) is 14.8 Å². The number of fused-ring (bicyclic) bond motifs is 1. The molecule has 168 valence electrons. The lowest BCUT2D eigenvalue weighted by atomic mass is 10.1. The molecule has 12 heteroatoms. The SMILES string of the molecule is COc1ccc(Nc2c(S(=O)(=O)N3CCOCC3)cnc3ccc(Br)cc23)c(C(=O)O)n1. The summed E-state index contributed by atoms with van der Waals surface area (Å²) in [5.74, 6) is -1.17. The second-order valence-electron chi connectivity index (χ2n) is 6.86. The van der Waals surface area contributed by atoms with Gasteiger partial charge in [0.15, 0.2) is 5.69 Å². The molecule has 3 aromatic rings. The Morgan fingerprint density at radius 2 is 2.00 bits per heavy atom. The lowest BCUT2D eigenvalue weighted by Crippen LogP contribution is -2.40. The normalized spacial score (nSPS) is 14.9. The number of halogens is 1. The van der Waals surface area contributed by atoms with Crippen LogP contribution >= 0.6 is 15.9 Å². The van der Waals surface area contributed by atoms with Crippen molar-refractivity contribution in [1.29, 1.82) is 0 Å². The number of morpholine rings is 1. The van der Waals surface area contributed by atoms with Gasteiger partial charge >= 0.3 is 5.97 Å². The van der Waals surface area contributed by atoms with E-state index in [1.165, 1.54) is 29.7 Å². The van der Waals surface area contributed by atoms with Gasteiger partial charge in [-0.15, -0.1) is 0 Å². The average Bonchev–Trinajstić information content (AvgIpc) is 2.80. The van der Waals surface area contributed by atoms with Crippen molar-refractivity contribution in [3.05, 3.63) is 46.7 Å². The largest absolute Gasteiger partial charge is 0.481 e. The van der Waals surface area contributed by atoms with Crippen molar-refractivity contribution in [2.45, 2.75) is 4.90 Å². The molecule has 1 aliphatic heterocycles. The van der Waals surface area contributed by atoms with Gasteiger partial charge in [-0.3, -0.25) is 4.98 Å². The number of pyridine rings is 2. The van der Waals surface area contributed by atoms with Crippen LogP contribution in [0.25, 0.3) is 10.9 Å². The van der Waals surface area contributed by atoms with Gasteiger partial charge in [0.05, 0.1) is 37.2 Å². The highest BCUT2D eigenvalue weighted by Gasteiger charge is 2.30. The van der Waals surface area contributed by atoms with Gasteiger partial charge in [-0.2, -0.15) is 4.31 Å². The summed E-state index contributed by atoms with van der Waals surface area (Å²) in [5.41, 5.74) is 0.551. The number of carboxylic acid groups (broad SMARTS) is 1. The number of methoxy groups -OCH3 is 1. The summed E-state index contributed by atoms with van der Waals surface area (Å²) >= 11 is 3.41. The number of carboxylic acids is 1. The van der Waals surface area contributed by atoms with E-state index in [-0.39, 0.29) is 40.9 Å². The topological polar surface area (TPSA) is 131 Å². The van der Waals surface area contributed by atoms with Crippen molar-refractivity contribution in [1.82, 2.24) is 14.3 Å². The maximum absolute atomic E-state index is 13.5. The van der Waals surface area contributed by atoms with Gasteiger partial charge in [0.1, 0.15) is 4.90 Å². The van der Waals surface area contributed by atoms with E-state index in [4.69, 9.17) is 9.47 Å². The quantitative estimate of drug-likeness (QED) is 0.501. The first-order chi connectivity index (χ1) is 15.3. The molecule has 0 unspecified atom stereocenters. The van der Waals surface area contributed by atoms with E-state index >= 15 is 0 Å². The van der Waals surface area contributed by atoms with E-state index in [2.05, 4.69) is 31.2 Å². The lowest BCUT2D eigenvalue weighted by molar-refractivity contribution is 0.0690. The number of ether oxygens (including phenoxy) is 2. The molecule has 2 aromatic heterocycles. The molecule has 1 saturated heterocycles. The lowest BCUT2D eigenvalue weighted by Gasteiger charge is -2.27. The van der Waals surface area contributed by atoms with Crippen LogP contribution in [0.2, 0.25) is 0 Å². The molecule has 0 bridgehead atoms. The number of aromatic nitrogens is 2. The fourth-order valence-electron chi connectivity index (χ4n) is 3.35.